The van der Waals surface area contributed by atoms with Gasteiger partial charge in [-0.25, -0.2) is 9.67 Å². The number of ether oxygens (including phenoxy) is 1. The molecule has 9 heteroatoms. The minimum atomic E-state index is -4.63. The minimum absolute atomic E-state index is 0.0969. The highest BCUT2D eigenvalue weighted by molar-refractivity contribution is 5.55. The van der Waals surface area contributed by atoms with Gasteiger partial charge in [0, 0.05) is 36.4 Å². The van der Waals surface area contributed by atoms with Crippen LogP contribution in [0.4, 0.5) is 13.2 Å². The number of nitrogens with zero attached hydrogens (tertiary/aromatic N) is 5. The lowest BCUT2D eigenvalue weighted by Crippen LogP contribution is -2.10. The fraction of sp³-hybridized carbons (Fsp3) is 0.0526. The average Bonchev–Trinajstić information content (AvgIpc) is 3.23. The van der Waals surface area contributed by atoms with E-state index in [1.54, 1.807) is 47.4 Å². The summed E-state index contributed by atoms with van der Waals surface area (Å²) < 4.78 is 46.9. The first-order valence-electron chi connectivity index (χ1n) is 8.14. The number of halogens is 3. The molecule has 0 saturated carbocycles. The molecule has 0 N–H and O–H groups in total. The van der Waals surface area contributed by atoms with Gasteiger partial charge in [0.2, 0.25) is 5.88 Å². The molecule has 0 fully saturated rings. The fourth-order valence-electron chi connectivity index (χ4n) is 2.46. The summed E-state index contributed by atoms with van der Waals surface area (Å²) >= 11 is 0. The highest BCUT2D eigenvalue weighted by atomic mass is 19.4. The van der Waals surface area contributed by atoms with Crippen LogP contribution in [0.25, 0.3) is 17.1 Å². The van der Waals surface area contributed by atoms with Gasteiger partial charge >= 0.3 is 6.18 Å². The van der Waals surface area contributed by atoms with Gasteiger partial charge in [0.1, 0.15) is 5.75 Å². The van der Waals surface area contributed by atoms with Crippen LogP contribution >= 0.6 is 0 Å². The van der Waals surface area contributed by atoms with E-state index in [-0.39, 0.29) is 11.7 Å². The number of aromatic nitrogens is 5. The number of hydrogen-bond donors (Lipinski definition) is 0. The summed E-state index contributed by atoms with van der Waals surface area (Å²) in [4.78, 5) is 11.6. The van der Waals surface area contributed by atoms with Crippen LogP contribution in [-0.4, -0.2) is 24.7 Å². The van der Waals surface area contributed by atoms with Crippen LogP contribution in [0.3, 0.4) is 0 Å². The number of hydrogen-bond acceptors (Lipinski definition) is 5. The quantitative estimate of drug-likeness (QED) is 0.518. The average molecular weight is 383 g/mol. The van der Waals surface area contributed by atoms with Crippen LogP contribution in [0, 0.1) is 0 Å². The zero-order valence-electron chi connectivity index (χ0n) is 14.2. The van der Waals surface area contributed by atoms with E-state index in [0.717, 1.165) is 11.8 Å². The lowest BCUT2D eigenvalue weighted by Gasteiger charge is -2.11. The summed E-state index contributed by atoms with van der Waals surface area (Å²) in [7, 11) is 0. The van der Waals surface area contributed by atoms with E-state index in [2.05, 4.69) is 20.1 Å². The summed E-state index contributed by atoms with van der Waals surface area (Å²) in [5.41, 5.74) is 0.103. The first-order valence-corrected chi connectivity index (χ1v) is 8.14. The van der Waals surface area contributed by atoms with Crippen LogP contribution in [-0.2, 0) is 6.18 Å². The molecule has 0 bridgehead atoms. The Kier molecular flexibility index (Phi) is 4.48. The van der Waals surface area contributed by atoms with Crippen molar-refractivity contribution in [2.45, 2.75) is 6.18 Å². The summed E-state index contributed by atoms with van der Waals surface area (Å²) in [6.07, 6.45) is 1.69. The molecule has 0 spiro atoms. The van der Waals surface area contributed by atoms with Gasteiger partial charge in [0.15, 0.2) is 11.5 Å². The number of alkyl halides is 3. The maximum absolute atomic E-state index is 13.2. The van der Waals surface area contributed by atoms with Crippen molar-refractivity contribution in [1.82, 2.24) is 24.7 Å². The maximum atomic E-state index is 13.2. The Hall–Kier alpha value is -3.75. The van der Waals surface area contributed by atoms with Crippen molar-refractivity contribution in [2.75, 3.05) is 0 Å². The summed E-state index contributed by atoms with van der Waals surface area (Å²) in [5, 5.41) is 4.11. The van der Waals surface area contributed by atoms with E-state index in [4.69, 9.17) is 4.74 Å². The van der Waals surface area contributed by atoms with Gasteiger partial charge in [0.25, 0.3) is 0 Å². The Balaban J connectivity index is 1.67. The van der Waals surface area contributed by atoms with Crippen LogP contribution in [0.15, 0.2) is 73.3 Å². The molecule has 4 rings (SSSR count). The molecule has 3 aromatic heterocycles. The lowest BCUT2D eigenvalue weighted by molar-refractivity contribution is -0.141. The third-order valence-electron chi connectivity index (χ3n) is 3.76. The molecular formula is C19H12F3N5O. The van der Waals surface area contributed by atoms with Gasteiger partial charge in [-0.2, -0.15) is 23.3 Å². The first kappa shape index (κ1) is 17.7. The zero-order valence-corrected chi connectivity index (χ0v) is 14.2. The molecule has 6 nitrogen and oxygen atoms in total. The van der Waals surface area contributed by atoms with E-state index in [1.165, 1.54) is 24.5 Å². The van der Waals surface area contributed by atoms with Crippen LogP contribution in [0.2, 0.25) is 0 Å². The topological polar surface area (TPSA) is 65.7 Å². The van der Waals surface area contributed by atoms with Gasteiger partial charge in [-0.1, -0.05) is 0 Å². The summed E-state index contributed by atoms with van der Waals surface area (Å²) in [5.74, 6) is 0.0322. The fourth-order valence-corrected chi connectivity index (χ4v) is 2.46. The second kappa shape index (κ2) is 7.10. The third kappa shape index (κ3) is 3.83. The minimum Gasteiger partial charge on any atom is -0.439 e. The Morgan fingerprint density at radius 3 is 2.29 bits per heavy atom. The molecule has 0 aliphatic rings. The zero-order chi connectivity index (χ0) is 19.6. The van der Waals surface area contributed by atoms with Crippen molar-refractivity contribution in [2.24, 2.45) is 0 Å². The molecule has 0 amide bonds. The Labute approximate surface area is 157 Å². The first-order chi connectivity index (χ1) is 13.5. The largest absolute Gasteiger partial charge is 0.439 e. The van der Waals surface area contributed by atoms with Gasteiger partial charge in [0.05, 0.1) is 5.69 Å². The van der Waals surface area contributed by atoms with Crippen molar-refractivity contribution in [3.8, 4) is 28.7 Å². The predicted octanol–water partition coefficient (Wildman–Crippen LogP) is 4.54. The molecule has 0 aliphatic carbocycles. The van der Waals surface area contributed by atoms with E-state index in [9.17, 15) is 13.2 Å². The van der Waals surface area contributed by atoms with E-state index in [0.29, 0.717) is 11.3 Å². The molecule has 0 saturated heterocycles. The monoisotopic (exact) mass is 383 g/mol. The maximum Gasteiger partial charge on any atom is 0.433 e. The lowest BCUT2D eigenvalue weighted by atomic mass is 10.2. The third-order valence-corrected chi connectivity index (χ3v) is 3.76. The number of benzene rings is 1. The van der Waals surface area contributed by atoms with Crippen molar-refractivity contribution in [3.05, 3.63) is 79.0 Å². The van der Waals surface area contributed by atoms with Gasteiger partial charge in [-0.15, -0.1) is 0 Å². The summed E-state index contributed by atoms with van der Waals surface area (Å²) in [6, 6.07) is 12.3. The Bertz CT molecular complexity index is 1070. The van der Waals surface area contributed by atoms with Gasteiger partial charge < -0.3 is 4.74 Å². The van der Waals surface area contributed by atoms with Crippen LogP contribution < -0.4 is 4.74 Å². The second-order valence-electron chi connectivity index (χ2n) is 5.70. The van der Waals surface area contributed by atoms with E-state index < -0.39 is 11.9 Å². The molecule has 0 atom stereocenters. The molecule has 1 aromatic carbocycles. The van der Waals surface area contributed by atoms with Crippen molar-refractivity contribution < 1.29 is 17.9 Å². The molecular weight excluding hydrogens is 371 g/mol. The second-order valence-corrected chi connectivity index (χ2v) is 5.70. The highest BCUT2D eigenvalue weighted by Crippen LogP contribution is 2.32. The smallest absolute Gasteiger partial charge is 0.433 e. The molecule has 0 radical (unpaired) electrons. The molecule has 0 unspecified atom stereocenters. The standard InChI is InChI=1S/C19H12F3N5O/c20-19(21,22)16-12-17(26-18(25-16)13-6-9-23-10-7-13)28-15-4-2-14(3-5-15)27-11-1-8-24-27/h1-12H. The molecule has 4 aromatic rings. The Morgan fingerprint density at radius 1 is 0.893 bits per heavy atom. The number of pyridine rings is 1. The molecule has 3 heterocycles. The van der Waals surface area contributed by atoms with Crippen molar-refractivity contribution in [1.29, 1.82) is 0 Å². The van der Waals surface area contributed by atoms with Gasteiger partial charge in [-0.3, -0.25) is 4.98 Å². The van der Waals surface area contributed by atoms with Crippen LogP contribution in [0.5, 0.6) is 11.6 Å². The van der Waals surface area contributed by atoms with Crippen LogP contribution in [0.1, 0.15) is 5.69 Å². The highest BCUT2D eigenvalue weighted by Gasteiger charge is 2.34. The van der Waals surface area contributed by atoms with Gasteiger partial charge in [-0.05, 0) is 42.5 Å². The Morgan fingerprint density at radius 2 is 1.64 bits per heavy atom. The molecule has 28 heavy (non-hydrogen) atoms. The van der Waals surface area contributed by atoms with E-state index in [1.807, 2.05) is 0 Å². The number of rotatable bonds is 4. The summed E-state index contributed by atoms with van der Waals surface area (Å²) in [6.45, 7) is 0. The normalized spacial score (nSPS) is 11.4. The van der Waals surface area contributed by atoms with E-state index >= 15 is 0 Å². The van der Waals surface area contributed by atoms with Crippen molar-refractivity contribution >= 4 is 0 Å². The molecule has 0 aliphatic heterocycles. The predicted molar refractivity (Wildman–Crippen MR) is 93.9 cm³/mol. The SMILES string of the molecule is FC(F)(F)c1cc(Oc2ccc(-n3cccn3)cc2)nc(-c2ccncc2)n1. The van der Waals surface area contributed by atoms with Crippen molar-refractivity contribution in [3.63, 3.8) is 0 Å². The molecule has 140 valence electrons.